The molecule has 1 N–H and O–H groups in total. The maximum atomic E-state index is 13.0. The van der Waals surface area contributed by atoms with Crippen LogP contribution in [0, 0.1) is 11.8 Å². The van der Waals surface area contributed by atoms with Crippen LogP contribution in [0.1, 0.15) is 23.2 Å². The largest absolute Gasteiger partial charge is 0.497 e. The van der Waals surface area contributed by atoms with Crippen molar-refractivity contribution in [2.75, 3.05) is 17.3 Å². The van der Waals surface area contributed by atoms with Gasteiger partial charge in [-0.2, -0.15) is 0 Å². The number of imide groups is 1. The number of rotatable bonds is 4. The SMILES string of the molecule is COc1cccc(NC(=O)c2cccc(N3C(=O)[C@H]4C[C@H](Br)[C@@H](Br)C[C@H]4C3=O)c2)c1. The zero-order chi connectivity index (χ0) is 21.4. The second-order valence-electron chi connectivity index (χ2n) is 7.46. The number of carbonyl (C=O) groups excluding carboxylic acids is 3. The lowest BCUT2D eigenvalue weighted by Gasteiger charge is -2.29. The summed E-state index contributed by atoms with van der Waals surface area (Å²) >= 11 is 7.19. The summed E-state index contributed by atoms with van der Waals surface area (Å²) in [5.74, 6) is -0.747. The molecule has 156 valence electrons. The molecule has 30 heavy (non-hydrogen) atoms. The van der Waals surface area contributed by atoms with Crippen LogP contribution in [0.5, 0.6) is 5.75 Å². The van der Waals surface area contributed by atoms with E-state index >= 15 is 0 Å². The highest BCUT2D eigenvalue weighted by molar-refractivity contribution is 9.12. The van der Waals surface area contributed by atoms with E-state index < -0.39 is 0 Å². The average Bonchev–Trinajstić information content (AvgIpc) is 2.98. The van der Waals surface area contributed by atoms with Crippen molar-refractivity contribution in [3.8, 4) is 5.75 Å². The summed E-state index contributed by atoms with van der Waals surface area (Å²) in [7, 11) is 1.56. The number of amides is 3. The minimum absolute atomic E-state index is 0.149. The summed E-state index contributed by atoms with van der Waals surface area (Å²) in [4.78, 5) is 40.3. The van der Waals surface area contributed by atoms with Gasteiger partial charge in [0.1, 0.15) is 5.75 Å². The fourth-order valence-corrected chi connectivity index (χ4v) is 5.28. The molecule has 2 aliphatic rings. The Morgan fingerprint density at radius 3 is 2.27 bits per heavy atom. The highest BCUT2D eigenvalue weighted by Gasteiger charge is 2.52. The number of alkyl halides is 2. The van der Waals surface area contributed by atoms with Gasteiger partial charge in [-0.3, -0.25) is 19.3 Å². The van der Waals surface area contributed by atoms with E-state index in [4.69, 9.17) is 4.74 Å². The van der Waals surface area contributed by atoms with Gasteiger partial charge in [-0.15, -0.1) is 0 Å². The first-order valence-electron chi connectivity index (χ1n) is 9.60. The molecule has 8 heteroatoms. The van der Waals surface area contributed by atoms with E-state index in [1.165, 1.54) is 4.90 Å². The molecule has 2 aromatic rings. The highest BCUT2D eigenvalue weighted by Crippen LogP contribution is 2.44. The third kappa shape index (κ3) is 3.90. The lowest BCUT2D eigenvalue weighted by molar-refractivity contribution is -0.122. The lowest BCUT2D eigenvalue weighted by atomic mass is 9.81. The Hall–Kier alpha value is -2.19. The summed E-state index contributed by atoms with van der Waals surface area (Å²) in [5, 5.41) is 2.81. The topological polar surface area (TPSA) is 75.7 Å². The Morgan fingerprint density at radius 2 is 1.63 bits per heavy atom. The number of benzene rings is 2. The first-order chi connectivity index (χ1) is 14.4. The molecule has 0 aromatic heterocycles. The average molecular weight is 536 g/mol. The summed E-state index contributed by atoms with van der Waals surface area (Å²) in [5.41, 5.74) is 1.38. The molecule has 1 aliphatic carbocycles. The number of nitrogens with zero attached hydrogens (tertiary/aromatic N) is 1. The number of fused-ring (bicyclic) bond motifs is 1. The molecule has 3 amide bonds. The number of anilines is 2. The first kappa shape index (κ1) is 21.1. The normalized spacial score (nSPS) is 25.8. The number of methoxy groups -OCH3 is 1. The van der Waals surface area contributed by atoms with E-state index in [-0.39, 0.29) is 39.2 Å². The predicted octanol–water partition coefficient (Wildman–Crippen LogP) is 4.37. The van der Waals surface area contributed by atoms with Gasteiger partial charge in [0, 0.05) is 27.0 Å². The predicted molar refractivity (Wildman–Crippen MR) is 122 cm³/mol. The molecule has 0 spiro atoms. The number of hydrogen-bond acceptors (Lipinski definition) is 4. The van der Waals surface area contributed by atoms with Crippen molar-refractivity contribution in [1.82, 2.24) is 0 Å². The maximum Gasteiger partial charge on any atom is 0.255 e. The Labute approximate surface area is 191 Å². The molecule has 0 bridgehead atoms. The summed E-state index contributed by atoms with van der Waals surface area (Å²) in [6, 6.07) is 13.6. The second kappa shape index (κ2) is 8.51. The number of nitrogens with one attached hydrogen (secondary N) is 1. The van der Waals surface area contributed by atoms with Gasteiger partial charge in [-0.25, -0.2) is 0 Å². The van der Waals surface area contributed by atoms with E-state index in [2.05, 4.69) is 37.2 Å². The van der Waals surface area contributed by atoms with Gasteiger partial charge in [-0.05, 0) is 43.2 Å². The quantitative estimate of drug-likeness (QED) is 0.466. The second-order valence-corrected chi connectivity index (χ2v) is 9.82. The fourth-order valence-electron chi connectivity index (χ4n) is 4.04. The molecule has 2 aromatic carbocycles. The molecule has 1 heterocycles. The number of ether oxygens (including phenoxy) is 1. The van der Waals surface area contributed by atoms with Crippen LogP contribution in [0.25, 0.3) is 0 Å². The van der Waals surface area contributed by atoms with E-state index in [0.717, 1.165) is 0 Å². The van der Waals surface area contributed by atoms with Crippen molar-refractivity contribution in [3.05, 3.63) is 54.1 Å². The fraction of sp³-hybridized carbons (Fsp3) is 0.318. The summed E-state index contributed by atoms with van der Waals surface area (Å²) in [6.07, 6.45) is 1.22. The number of halogens is 2. The lowest BCUT2D eigenvalue weighted by Crippen LogP contribution is -2.34. The smallest absolute Gasteiger partial charge is 0.255 e. The third-order valence-corrected chi connectivity index (χ3v) is 8.34. The van der Waals surface area contributed by atoms with Crippen LogP contribution in [0.2, 0.25) is 0 Å². The molecule has 0 unspecified atom stereocenters. The van der Waals surface area contributed by atoms with Gasteiger partial charge >= 0.3 is 0 Å². The van der Waals surface area contributed by atoms with Crippen LogP contribution in [0.4, 0.5) is 11.4 Å². The maximum absolute atomic E-state index is 13.0. The van der Waals surface area contributed by atoms with E-state index in [9.17, 15) is 14.4 Å². The van der Waals surface area contributed by atoms with Crippen molar-refractivity contribution in [2.24, 2.45) is 11.8 Å². The number of carbonyl (C=O) groups is 3. The van der Waals surface area contributed by atoms with Gasteiger partial charge in [0.2, 0.25) is 11.8 Å². The Bertz CT molecular complexity index is 984. The zero-order valence-electron chi connectivity index (χ0n) is 16.2. The molecule has 1 saturated carbocycles. The van der Waals surface area contributed by atoms with Crippen molar-refractivity contribution in [2.45, 2.75) is 22.5 Å². The van der Waals surface area contributed by atoms with Crippen LogP contribution in [-0.4, -0.2) is 34.5 Å². The molecular weight excluding hydrogens is 516 g/mol. The van der Waals surface area contributed by atoms with E-state index in [1.807, 2.05) is 0 Å². The standard InChI is InChI=1S/C22H20Br2N2O4/c1-30-15-7-3-5-13(9-15)25-20(27)12-4-2-6-14(8-12)26-21(28)16-10-18(23)19(24)11-17(16)22(26)29/h2-9,16-19H,10-11H2,1H3,(H,25,27)/t16-,17+,18-,19-/m0/s1. The molecule has 4 rings (SSSR count). The molecule has 2 fully saturated rings. The Morgan fingerprint density at radius 1 is 1.00 bits per heavy atom. The first-order valence-corrected chi connectivity index (χ1v) is 11.4. The van der Waals surface area contributed by atoms with Crippen LogP contribution in [0.3, 0.4) is 0 Å². The van der Waals surface area contributed by atoms with Crippen LogP contribution < -0.4 is 15.0 Å². The summed E-state index contributed by atoms with van der Waals surface area (Å²) < 4.78 is 5.17. The third-order valence-electron chi connectivity index (χ3n) is 5.61. The molecule has 0 radical (unpaired) electrons. The van der Waals surface area contributed by atoms with Gasteiger partial charge < -0.3 is 10.1 Å². The Balaban J connectivity index is 1.56. The Kier molecular flexibility index (Phi) is 5.97. The van der Waals surface area contributed by atoms with E-state index in [1.54, 1.807) is 55.6 Å². The van der Waals surface area contributed by atoms with Gasteiger partial charge in [0.25, 0.3) is 5.91 Å². The van der Waals surface area contributed by atoms with Crippen LogP contribution >= 0.6 is 31.9 Å². The minimum atomic E-state index is -0.331. The van der Waals surface area contributed by atoms with Gasteiger partial charge in [-0.1, -0.05) is 44.0 Å². The summed E-state index contributed by atoms with van der Waals surface area (Å²) in [6.45, 7) is 0. The van der Waals surface area contributed by atoms with Gasteiger partial charge in [0.15, 0.2) is 0 Å². The molecule has 1 saturated heterocycles. The van der Waals surface area contributed by atoms with Crippen molar-refractivity contribution >= 4 is 61.0 Å². The monoisotopic (exact) mass is 534 g/mol. The van der Waals surface area contributed by atoms with E-state index in [0.29, 0.717) is 35.5 Å². The molecule has 6 nitrogen and oxygen atoms in total. The molecule has 1 aliphatic heterocycles. The highest BCUT2D eigenvalue weighted by atomic mass is 79.9. The van der Waals surface area contributed by atoms with Crippen molar-refractivity contribution < 1.29 is 19.1 Å². The van der Waals surface area contributed by atoms with Crippen LogP contribution in [-0.2, 0) is 9.59 Å². The van der Waals surface area contributed by atoms with Crippen LogP contribution in [0.15, 0.2) is 48.5 Å². The number of hydrogen-bond donors (Lipinski definition) is 1. The molecular formula is C22H20Br2N2O4. The van der Waals surface area contributed by atoms with Crippen molar-refractivity contribution in [3.63, 3.8) is 0 Å². The molecule has 4 atom stereocenters. The zero-order valence-corrected chi connectivity index (χ0v) is 19.4. The van der Waals surface area contributed by atoms with Crippen molar-refractivity contribution in [1.29, 1.82) is 0 Å². The van der Waals surface area contributed by atoms with Gasteiger partial charge in [0.05, 0.1) is 24.6 Å². The minimum Gasteiger partial charge on any atom is -0.497 e.